The first kappa shape index (κ1) is 22.0. The molecule has 1 fully saturated rings. The minimum atomic E-state index is -0.152. The Labute approximate surface area is 186 Å². The van der Waals surface area contributed by atoms with Crippen LogP contribution >= 0.6 is 0 Å². The molecule has 3 heterocycles. The van der Waals surface area contributed by atoms with Gasteiger partial charge in [0.1, 0.15) is 5.82 Å². The Hall–Kier alpha value is -2.24. The lowest BCUT2D eigenvalue weighted by molar-refractivity contribution is -0.122. The zero-order chi connectivity index (χ0) is 21.6. The number of rotatable bonds is 9. The number of hydrogen-bond donors (Lipinski definition) is 1. The fourth-order valence-corrected chi connectivity index (χ4v) is 4.79. The zero-order valence-electron chi connectivity index (χ0n) is 18.8. The van der Waals surface area contributed by atoms with Crippen molar-refractivity contribution in [1.29, 1.82) is 0 Å². The predicted molar refractivity (Wildman–Crippen MR) is 124 cm³/mol. The fraction of sp³-hybridized carbons (Fsp3) is 0.538. The number of benzene rings is 1. The van der Waals surface area contributed by atoms with Gasteiger partial charge in [0, 0.05) is 31.4 Å². The van der Waals surface area contributed by atoms with Gasteiger partial charge in [-0.2, -0.15) is 0 Å². The molecule has 1 N–H and O–H groups in total. The van der Waals surface area contributed by atoms with E-state index in [0.29, 0.717) is 6.04 Å². The molecule has 5 nitrogen and oxygen atoms in total. The number of fused-ring (bicyclic) bond motifs is 1. The molecule has 2 aliphatic heterocycles. The zero-order valence-corrected chi connectivity index (χ0v) is 18.8. The number of Topliss-reactive ketones (excluding diaryl/α,β-unsaturated/α-hetero) is 1. The molecular formula is C26H35N3O2. The smallest absolute Gasteiger partial charge is 0.151 e. The number of aryl methyl sites for hydroxylation is 2. The monoisotopic (exact) mass is 421 g/mol. The van der Waals surface area contributed by atoms with Gasteiger partial charge in [0.2, 0.25) is 0 Å². The maximum atomic E-state index is 12.3. The van der Waals surface area contributed by atoms with Crippen LogP contribution in [0.3, 0.4) is 0 Å². The molecule has 3 atom stereocenters. The first-order valence-corrected chi connectivity index (χ1v) is 11.8. The van der Waals surface area contributed by atoms with Crippen molar-refractivity contribution in [2.24, 2.45) is 0 Å². The molecule has 166 valence electrons. The molecule has 4 rings (SSSR count). The molecule has 0 radical (unpaired) electrons. The van der Waals surface area contributed by atoms with Crippen molar-refractivity contribution in [1.82, 2.24) is 9.88 Å². The van der Waals surface area contributed by atoms with E-state index in [9.17, 15) is 4.79 Å². The second-order valence-corrected chi connectivity index (χ2v) is 9.05. The summed E-state index contributed by atoms with van der Waals surface area (Å²) in [4.78, 5) is 19.4. The average molecular weight is 422 g/mol. The number of pyridine rings is 1. The number of anilines is 1. The Kier molecular flexibility index (Phi) is 7.36. The molecule has 0 saturated carbocycles. The van der Waals surface area contributed by atoms with E-state index in [-0.39, 0.29) is 17.9 Å². The molecule has 1 aromatic heterocycles. The molecule has 2 aromatic rings. The third kappa shape index (κ3) is 5.72. The lowest BCUT2D eigenvalue weighted by Crippen LogP contribution is -2.32. The van der Waals surface area contributed by atoms with Crippen LogP contribution in [-0.4, -0.2) is 47.5 Å². The third-order valence-electron chi connectivity index (χ3n) is 6.49. The number of hydrogen-bond acceptors (Lipinski definition) is 5. The van der Waals surface area contributed by atoms with Crippen LogP contribution in [0.25, 0.3) is 0 Å². The molecule has 2 aliphatic rings. The number of carbonyl (C=O) groups excluding carboxylic acids is 1. The van der Waals surface area contributed by atoms with E-state index in [0.717, 1.165) is 63.2 Å². The molecule has 0 amide bonds. The van der Waals surface area contributed by atoms with Crippen LogP contribution in [0.1, 0.15) is 62.4 Å². The Balaban J connectivity index is 1.19. The van der Waals surface area contributed by atoms with Gasteiger partial charge in [0.25, 0.3) is 0 Å². The molecule has 1 unspecified atom stereocenters. The summed E-state index contributed by atoms with van der Waals surface area (Å²) in [6, 6.07) is 14.9. The predicted octanol–water partition coefficient (Wildman–Crippen LogP) is 4.57. The number of likely N-dealkylation sites (tertiary alicyclic amines) is 1. The van der Waals surface area contributed by atoms with E-state index < -0.39 is 0 Å². The van der Waals surface area contributed by atoms with Gasteiger partial charge < -0.3 is 10.1 Å². The molecular weight excluding hydrogens is 386 g/mol. The van der Waals surface area contributed by atoms with Gasteiger partial charge in [0.05, 0.1) is 12.1 Å². The van der Waals surface area contributed by atoms with Crippen LogP contribution in [0.4, 0.5) is 5.82 Å². The van der Waals surface area contributed by atoms with Crippen LogP contribution in [0.5, 0.6) is 0 Å². The SMILES string of the molecule is CC(=O)[C@H](c1ccccc1)N1CC[C@@H](OCCCCc2ccc3c(n2)NC(C)CC3)C1. The minimum absolute atomic E-state index is 0.152. The van der Waals surface area contributed by atoms with Gasteiger partial charge in [-0.1, -0.05) is 36.4 Å². The Morgan fingerprint density at radius 2 is 2.03 bits per heavy atom. The normalized spacial score (nSPS) is 22.0. The first-order chi connectivity index (χ1) is 15.1. The van der Waals surface area contributed by atoms with Crippen molar-refractivity contribution < 1.29 is 9.53 Å². The van der Waals surface area contributed by atoms with E-state index in [1.165, 1.54) is 17.7 Å². The van der Waals surface area contributed by atoms with Gasteiger partial charge >= 0.3 is 0 Å². The number of aromatic nitrogens is 1. The molecule has 31 heavy (non-hydrogen) atoms. The molecule has 0 bridgehead atoms. The summed E-state index contributed by atoms with van der Waals surface area (Å²) in [6.45, 7) is 6.42. The molecule has 5 heteroatoms. The highest BCUT2D eigenvalue weighted by molar-refractivity contribution is 5.83. The van der Waals surface area contributed by atoms with Gasteiger partial charge in [-0.25, -0.2) is 4.98 Å². The Morgan fingerprint density at radius 3 is 2.84 bits per heavy atom. The van der Waals surface area contributed by atoms with Gasteiger partial charge in [-0.3, -0.25) is 9.69 Å². The number of nitrogens with zero attached hydrogens (tertiary/aromatic N) is 2. The highest BCUT2D eigenvalue weighted by Crippen LogP contribution is 2.27. The van der Waals surface area contributed by atoms with E-state index in [2.05, 4.69) is 29.3 Å². The summed E-state index contributed by atoms with van der Waals surface area (Å²) in [6.07, 6.45) is 6.63. The molecule has 0 spiro atoms. The molecule has 1 aromatic carbocycles. The largest absolute Gasteiger partial charge is 0.377 e. The average Bonchev–Trinajstić information content (AvgIpc) is 3.22. The summed E-state index contributed by atoms with van der Waals surface area (Å²) in [5.41, 5.74) is 3.59. The van der Waals surface area contributed by atoms with Crippen LogP contribution < -0.4 is 5.32 Å². The van der Waals surface area contributed by atoms with Crippen LogP contribution in [0.2, 0.25) is 0 Å². The highest BCUT2D eigenvalue weighted by Gasteiger charge is 2.32. The van der Waals surface area contributed by atoms with E-state index in [4.69, 9.17) is 9.72 Å². The summed E-state index contributed by atoms with van der Waals surface area (Å²) in [7, 11) is 0. The number of carbonyl (C=O) groups is 1. The Bertz CT molecular complexity index is 870. The van der Waals surface area contributed by atoms with Gasteiger partial charge in [-0.05, 0) is 69.6 Å². The number of ether oxygens (including phenoxy) is 1. The van der Waals surface area contributed by atoms with E-state index in [1.807, 2.05) is 30.3 Å². The third-order valence-corrected chi connectivity index (χ3v) is 6.49. The van der Waals surface area contributed by atoms with Crippen molar-refractivity contribution >= 4 is 11.6 Å². The number of unbranched alkanes of at least 4 members (excludes halogenated alkanes) is 1. The second kappa shape index (κ2) is 10.4. The van der Waals surface area contributed by atoms with Crippen LogP contribution in [-0.2, 0) is 22.4 Å². The lowest BCUT2D eigenvalue weighted by Gasteiger charge is -2.26. The topological polar surface area (TPSA) is 54.5 Å². The van der Waals surface area contributed by atoms with Crippen molar-refractivity contribution in [3.63, 3.8) is 0 Å². The quantitative estimate of drug-likeness (QED) is 0.601. The summed E-state index contributed by atoms with van der Waals surface area (Å²) >= 11 is 0. The summed E-state index contributed by atoms with van der Waals surface area (Å²) in [5, 5.41) is 3.51. The van der Waals surface area contributed by atoms with Gasteiger partial charge in [-0.15, -0.1) is 0 Å². The van der Waals surface area contributed by atoms with Gasteiger partial charge in [0.15, 0.2) is 5.78 Å². The first-order valence-electron chi connectivity index (χ1n) is 11.8. The lowest BCUT2D eigenvalue weighted by atomic mass is 10.0. The van der Waals surface area contributed by atoms with Crippen molar-refractivity contribution in [3.05, 3.63) is 59.3 Å². The highest BCUT2D eigenvalue weighted by atomic mass is 16.5. The van der Waals surface area contributed by atoms with Crippen LogP contribution in [0, 0.1) is 0 Å². The minimum Gasteiger partial charge on any atom is -0.377 e. The standard InChI is InChI=1S/C26H35N3O2/c1-19-11-12-22-13-14-23(28-26(22)27-19)10-6-7-17-31-24-15-16-29(18-24)25(20(2)30)21-8-4-3-5-9-21/h3-5,8-9,13-14,19,24-25H,6-7,10-12,15-18H2,1-2H3,(H,27,28)/t19?,24-,25-/m1/s1. The number of ketones is 1. The van der Waals surface area contributed by atoms with Crippen LogP contribution in [0.15, 0.2) is 42.5 Å². The van der Waals surface area contributed by atoms with Crippen molar-refractivity contribution in [2.75, 3.05) is 25.0 Å². The van der Waals surface area contributed by atoms with Crippen molar-refractivity contribution in [3.8, 4) is 0 Å². The fourth-order valence-electron chi connectivity index (χ4n) is 4.79. The maximum Gasteiger partial charge on any atom is 0.151 e. The number of nitrogens with one attached hydrogen (secondary N) is 1. The summed E-state index contributed by atoms with van der Waals surface area (Å²) in [5.74, 6) is 1.28. The Morgan fingerprint density at radius 1 is 1.19 bits per heavy atom. The van der Waals surface area contributed by atoms with E-state index in [1.54, 1.807) is 6.92 Å². The molecule has 1 saturated heterocycles. The van der Waals surface area contributed by atoms with Crippen molar-refractivity contribution in [2.45, 2.75) is 70.6 Å². The second-order valence-electron chi connectivity index (χ2n) is 9.05. The summed E-state index contributed by atoms with van der Waals surface area (Å²) < 4.78 is 6.16. The molecule has 0 aliphatic carbocycles. The maximum absolute atomic E-state index is 12.3. The van der Waals surface area contributed by atoms with E-state index >= 15 is 0 Å².